The standard InChI is InChI=1S/C14H23N3/c1-11(2)8-14(5-3-6-17-14)9-12-10-16-7-4-13(12)15/h4,7,10-11,17H,3,5-6,8-9H2,1-2H3,(H2,15,16). The van der Waals surface area contributed by atoms with Crippen LogP contribution in [-0.2, 0) is 6.42 Å². The number of anilines is 1. The van der Waals surface area contributed by atoms with Crippen LogP contribution >= 0.6 is 0 Å². The Morgan fingerprint density at radius 1 is 1.53 bits per heavy atom. The van der Waals surface area contributed by atoms with Gasteiger partial charge in [0, 0.05) is 23.6 Å². The highest BCUT2D eigenvalue weighted by molar-refractivity contribution is 5.45. The van der Waals surface area contributed by atoms with Crippen LogP contribution in [-0.4, -0.2) is 17.1 Å². The summed E-state index contributed by atoms with van der Waals surface area (Å²) in [7, 11) is 0. The number of nitrogens with zero attached hydrogens (tertiary/aromatic N) is 1. The van der Waals surface area contributed by atoms with Crippen LogP contribution in [0.25, 0.3) is 0 Å². The van der Waals surface area contributed by atoms with E-state index < -0.39 is 0 Å². The van der Waals surface area contributed by atoms with Gasteiger partial charge in [0.15, 0.2) is 0 Å². The van der Waals surface area contributed by atoms with Gasteiger partial charge in [-0.05, 0) is 49.8 Å². The average Bonchev–Trinajstić information content (AvgIpc) is 2.69. The maximum absolute atomic E-state index is 6.02. The molecule has 0 radical (unpaired) electrons. The Balaban J connectivity index is 2.15. The fourth-order valence-electron chi connectivity index (χ4n) is 3.00. The van der Waals surface area contributed by atoms with Gasteiger partial charge in [-0.1, -0.05) is 13.8 Å². The fraction of sp³-hybridized carbons (Fsp3) is 0.643. The molecule has 3 N–H and O–H groups in total. The van der Waals surface area contributed by atoms with Gasteiger partial charge in [0.25, 0.3) is 0 Å². The third-order valence-corrected chi connectivity index (χ3v) is 3.60. The maximum atomic E-state index is 6.02. The van der Waals surface area contributed by atoms with Crippen LogP contribution in [0, 0.1) is 5.92 Å². The normalized spacial score (nSPS) is 24.4. The van der Waals surface area contributed by atoms with Crippen molar-refractivity contribution in [2.75, 3.05) is 12.3 Å². The van der Waals surface area contributed by atoms with Crippen LogP contribution in [0.2, 0.25) is 0 Å². The molecule has 1 fully saturated rings. The summed E-state index contributed by atoms with van der Waals surface area (Å²) >= 11 is 0. The minimum absolute atomic E-state index is 0.241. The van der Waals surface area contributed by atoms with E-state index in [1.54, 1.807) is 6.20 Å². The molecule has 2 heterocycles. The molecule has 1 atom stereocenters. The highest BCUT2D eigenvalue weighted by Gasteiger charge is 2.34. The van der Waals surface area contributed by atoms with Gasteiger partial charge in [0.2, 0.25) is 0 Å². The van der Waals surface area contributed by atoms with Gasteiger partial charge >= 0.3 is 0 Å². The third-order valence-electron chi connectivity index (χ3n) is 3.60. The van der Waals surface area contributed by atoms with E-state index in [1.165, 1.54) is 24.8 Å². The molecule has 0 aromatic carbocycles. The molecule has 0 amide bonds. The van der Waals surface area contributed by atoms with Crippen LogP contribution in [0.4, 0.5) is 5.69 Å². The maximum Gasteiger partial charge on any atom is 0.0378 e. The van der Waals surface area contributed by atoms with E-state index in [-0.39, 0.29) is 5.54 Å². The van der Waals surface area contributed by atoms with E-state index in [2.05, 4.69) is 24.1 Å². The lowest BCUT2D eigenvalue weighted by Crippen LogP contribution is -2.43. The molecule has 2 rings (SSSR count). The average molecular weight is 233 g/mol. The van der Waals surface area contributed by atoms with Crippen molar-refractivity contribution in [3.8, 4) is 0 Å². The Hall–Kier alpha value is -1.09. The van der Waals surface area contributed by atoms with E-state index in [0.29, 0.717) is 5.92 Å². The van der Waals surface area contributed by atoms with Gasteiger partial charge in [0.05, 0.1) is 0 Å². The summed E-state index contributed by atoms with van der Waals surface area (Å²) < 4.78 is 0. The molecule has 0 spiro atoms. The zero-order chi connectivity index (χ0) is 12.3. The summed E-state index contributed by atoms with van der Waals surface area (Å²) in [4.78, 5) is 4.19. The van der Waals surface area contributed by atoms with E-state index in [9.17, 15) is 0 Å². The number of nitrogens with one attached hydrogen (secondary N) is 1. The monoisotopic (exact) mass is 233 g/mol. The molecule has 1 aromatic heterocycles. The lowest BCUT2D eigenvalue weighted by molar-refractivity contribution is 0.301. The largest absolute Gasteiger partial charge is 0.398 e. The summed E-state index contributed by atoms with van der Waals surface area (Å²) in [5, 5.41) is 3.69. The first-order valence-electron chi connectivity index (χ1n) is 6.55. The Bertz CT molecular complexity index is 367. The minimum Gasteiger partial charge on any atom is -0.398 e. The molecule has 94 valence electrons. The zero-order valence-corrected chi connectivity index (χ0v) is 10.9. The van der Waals surface area contributed by atoms with Gasteiger partial charge in [-0.15, -0.1) is 0 Å². The number of hydrogen-bond donors (Lipinski definition) is 2. The first kappa shape index (κ1) is 12.4. The SMILES string of the molecule is CC(C)CC1(Cc2cnccc2N)CCCN1. The predicted molar refractivity (Wildman–Crippen MR) is 71.8 cm³/mol. The molecule has 3 nitrogen and oxygen atoms in total. The lowest BCUT2D eigenvalue weighted by atomic mass is 9.82. The Morgan fingerprint density at radius 2 is 2.35 bits per heavy atom. The Labute approximate surface area is 104 Å². The van der Waals surface area contributed by atoms with Crippen molar-refractivity contribution >= 4 is 5.69 Å². The summed E-state index contributed by atoms with van der Waals surface area (Å²) in [6.45, 7) is 5.70. The van der Waals surface area contributed by atoms with E-state index in [0.717, 1.165) is 18.7 Å². The molecule has 0 bridgehead atoms. The molecule has 1 saturated heterocycles. The molecule has 3 heteroatoms. The van der Waals surface area contributed by atoms with Crippen LogP contribution in [0.3, 0.4) is 0 Å². The van der Waals surface area contributed by atoms with Crippen molar-refractivity contribution in [2.24, 2.45) is 5.92 Å². The summed E-state index contributed by atoms with van der Waals surface area (Å²) in [5.41, 5.74) is 8.32. The third kappa shape index (κ3) is 2.97. The van der Waals surface area contributed by atoms with E-state index in [4.69, 9.17) is 5.73 Å². The molecule has 0 aliphatic carbocycles. The molecule has 1 unspecified atom stereocenters. The van der Waals surface area contributed by atoms with Gasteiger partial charge in [-0.2, -0.15) is 0 Å². The number of hydrogen-bond acceptors (Lipinski definition) is 3. The second kappa shape index (κ2) is 5.05. The van der Waals surface area contributed by atoms with Gasteiger partial charge in [0.1, 0.15) is 0 Å². The summed E-state index contributed by atoms with van der Waals surface area (Å²) in [5.74, 6) is 0.707. The lowest BCUT2D eigenvalue weighted by Gasteiger charge is -2.32. The second-order valence-electron chi connectivity index (χ2n) is 5.66. The van der Waals surface area contributed by atoms with Gasteiger partial charge in [-0.3, -0.25) is 4.98 Å². The number of nitrogen functional groups attached to an aromatic ring is 1. The predicted octanol–water partition coefficient (Wildman–Crippen LogP) is 2.37. The Morgan fingerprint density at radius 3 is 2.94 bits per heavy atom. The van der Waals surface area contributed by atoms with Crippen molar-refractivity contribution in [3.63, 3.8) is 0 Å². The fourth-order valence-corrected chi connectivity index (χ4v) is 3.00. The number of aromatic nitrogens is 1. The topological polar surface area (TPSA) is 50.9 Å². The molecule has 1 aliphatic rings. The van der Waals surface area contributed by atoms with Crippen molar-refractivity contribution in [1.82, 2.24) is 10.3 Å². The quantitative estimate of drug-likeness (QED) is 0.839. The van der Waals surface area contributed by atoms with Crippen molar-refractivity contribution in [1.29, 1.82) is 0 Å². The molecular weight excluding hydrogens is 210 g/mol. The smallest absolute Gasteiger partial charge is 0.0378 e. The van der Waals surface area contributed by atoms with Crippen LogP contribution in [0.5, 0.6) is 0 Å². The van der Waals surface area contributed by atoms with Crippen LogP contribution in [0.1, 0.15) is 38.7 Å². The second-order valence-corrected chi connectivity index (χ2v) is 5.66. The highest BCUT2D eigenvalue weighted by atomic mass is 15.0. The minimum atomic E-state index is 0.241. The zero-order valence-electron chi connectivity index (χ0n) is 10.9. The van der Waals surface area contributed by atoms with Crippen LogP contribution in [0.15, 0.2) is 18.5 Å². The number of nitrogens with two attached hydrogens (primary N) is 1. The highest BCUT2D eigenvalue weighted by Crippen LogP contribution is 2.31. The van der Waals surface area contributed by atoms with E-state index >= 15 is 0 Å². The molecule has 17 heavy (non-hydrogen) atoms. The van der Waals surface area contributed by atoms with Crippen molar-refractivity contribution in [2.45, 2.75) is 45.1 Å². The Kier molecular flexibility index (Phi) is 3.67. The van der Waals surface area contributed by atoms with Gasteiger partial charge < -0.3 is 11.1 Å². The number of pyridine rings is 1. The first-order valence-corrected chi connectivity index (χ1v) is 6.55. The molecule has 0 saturated carbocycles. The van der Waals surface area contributed by atoms with Crippen molar-refractivity contribution in [3.05, 3.63) is 24.0 Å². The van der Waals surface area contributed by atoms with Crippen molar-refractivity contribution < 1.29 is 0 Å². The molecule has 1 aromatic rings. The molecular formula is C14H23N3. The van der Waals surface area contributed by atoms with E-state index in [1.807, 2.05) is 12.3 Å². The number of rotatable bonds is 4. The molecule has 1 aliphatic heterocycles. The summed E-state index contributed by atoms with van der Waals surface area (Å²) in [6, 6.07) is 1.90. The van der Waals surface area contributed by atoms with Gasteiger partial charge in [-0.25, -0.2) is 0 Å². The first-order chi connectivity index (χ1) is 8.11. The van der Waals surface area contributed by atoms with Crippen LogP contribution < -0.4 is 11.1 Å². The summed E-state index contributed by atoms with van der Waals surface area (Å²) in [6.07, 6.45) is 8.41.